The van der Waals surface area contributed by atoms with E-state index in [1.165, 1.54) is 0 Å². The molecule has 0 saturated carbocycles. The molecule has 23 heavy (non-hydrogen) atoms. The first kappa shape index (κ1) is 16.2. The first-order valence-corrected chi connectivity index (χ1v) is 9.14. The summed E-state index contributed by atoms with van der Waals surface area (Å²) < 4.78 is 27.7. The van der Waals surface area contributed by atoms with Crippen LogP contribution >= 0.6 is 0 Å². The van der Waals surface area contributed by atoms with Crippen LogP contribution in [-0.2, 0) is 22.9 Å². The van der Waals surface area contributed by atoms with Gasteiger partial charge in [-0.2, -0.15) is 0 Å². The molecule has 0 bridgehead atoms. The van der Waals surface area contributed by atoms with Crippen LogP contribution in [0.25, 0.3) is 0 Å². The molecule has 0 spiro atoms. The molecule has 0 saturated heterocycles. The second kappa shape index (κ2) is 5.74. The average molecular weight is 331 g/mol. The fourth-order valence-electron chi connectivity index (χ4n) is 3.10. The molecule has 5 heteroatoms. The molecular formula is C18H21NO3S. The first-order chi connectivity index (χ1) is 10.8. The van der Waals surface area contributed by atoms with E-state index in [4.69, 9.17) is 0 Å². The van der Waals surface area contributed by atoms with E-state index in [-0.39, 0.29) is 11.4 Å². The SMILES string of the molecule is Cc1ccc(C)c(S(=O)(=O)NCC2(O)Cc3ccccc3C2)c1. The Balaban J connectivity index is 1.77. The van der Waals surface area contributed by atoms with E-state index in [1.54, 1.807) is 19.1 Å². The summed E-state index contributed by atoms with van der Waals surface area (Å²) >= 11 is 0. The molecule has 0 aromatic heterocycles. The summed E-state index contributed by atoms with van der Waals surface area (Å²) in [7, 11) is -3.64. The Bertz CT molecular complexity index is 818. The third-order valence-corrected chi connectivity index (χ3v) is 5.93. The minimum atomic E-state index is -3.64. The predicted molar refractivity (Wildman–Crippen MR) is 89.9 cm³/mol. The molecule has 0 heterocycles. The largest absolute Gasteiger partial charge is 0.388 e. The van der Waals surface area contributed by atoms with E-state index in [1.807, 2.05) is 37.3 Å². The van der Waals surface area contributed by atoms with Crippen molar-refractivity contribution in [2.45, 2.75) is 37.2 Å². The quantitative estimate of drug-likeness (QED) is 0.902. The molecule has 2 N–H and O–H groups in total. The molecule has 0 amide bonds. The normalized spacial score (nSPS) is 16.3. The van der Waals surface area contributed by atoms with Gasteiger partial charge in [-0.05, 0) is 42.2 Å². The van der Waals surface area contributed by atoms with Gasteiger partial charge in [0.1, 0.15) is 0 Å². The summed E-state index contributed by atoms with van der Waals surface area (Å²) in [5.41, 5.74) is 2.70. The monoisotopic (exact) mass is 331 g/mol. The van der Waals surface area contributed by atoms with Crippen molar-refractivity contribution in [1.82, 2.24) is 4.72 Å². The van der Waals surface area contributed by atoms with Crippen LogP contribution in [0.4, 0.5) is 0 Å². The molecule has 0 unspecified atom stereocenters. The van der Waals surface area contributed by atoms with Crippen molar-refractivity contribution in [3.05, 3.63) is 64.7 Å². The van der Waals surface area contributed by atoms with E-state index in [9.17, 15) is 13.5 Å². The minimum absolute atomic E-state index is 0.0113. The number of aryl methyl sites for hydroxylation is 2. The van der Waals surface area contributed by atoms with Crippen LogP contribution in [0.5, 0.6) is 0 Å². The molecule has 0 aliphatic heterocycles. The van der Waals surface area contributed by atoms with Crippen molar-refractivity contribution in [3.63, 3.8) is 0 Å². The third-order valence-electron chi connectivity index (χ3n) is 4.38. The maximum Gasteiger partial charge on any atom is 0.240 e. The third kappa shape index (κ3) is 3.32. The Morgan fingerprint density at radius 1 is 1.09 bits per heavy atom. The average Bonchev–Trinajstić information content (AvgIpc) is 2.84. The summed E-state index contributed by atoms with van der Waals surface area (Å²) in [6, 6.07) is 13.2. The zero-order valence-corrected chi connectivity index (χ0v) is 14.2. The summed E-state index contributed by atoms with van der Waals surface area (Å²) in [5.74, 6) is 0. The van der Waals surface area contributed by atoms with Crippen LogP contribution in [0.15, 0.2) is 47.4 Å². The molecule has 1 aliphatic rings. The Morgan fingerprint density at radius 2 is 1.70 bits per heavy atom. The molecule has 3 rings (SSSR count). The second-order valence-electron chi connectivity index (χ2n) is 6.44. The maximum atomic E-state index is 12.6. The molecule has 0 radical (unpaired) electrons. The number of aliphatic hydroxyl groups is 1. The smallest absolute Gasteiger partial charge is 0.240 e. The fourth-order valence-corrected chi connectivity index (χ4v) is 4.55. The standard InChI is InChI=1S/C18H21NO3S/c1-13-7-8-14(2)17(9-13)23(21,22)19-12-18(20)10-15-5-3-4-6-16(15)11-18/h3-9,19-20H,10-12H2,1-2H3. The number of hydrogen-bond acceptors (Lipinski definition) is 3. The van der Waals surface area contributed by atoms with Crippen LogP contribution in [-0.4, -0.2) is 25.7 Å². The van der Waals surface area contributed by atoms with E-state index in [0.717, 1.165) is 16.7 Å². The lowest BCUT2D eigenvalue weighted by Gasteiger charge is -2.23. The topological polar surface area (TPSA) is 66.4 Å². The summed E-state index contributed by atoms with van der Waals surface area (Å²) in [6.45, 7) is 3.64. The number of benzene rings is 2. The maximum absolute atomic E-state index is 12.6. The van der Waals surface area contributed by atoms with Crippen LogP contribution in [0.1, 0.15) is 22.3 Å². The Labute approximate surface area is 137 Å². The van der Waals surface area contributed by atoms with Gasteiger partial charge in [0, 0.05) is 19.4 Å². The van der Waals surface area contributed by atoms with Crippen LogP contribution in [0.2, 0.25) is 0 Å². The highest BCUT2D eigenvalue weighted by atomic mass is 32.2. The van der Waals surface area contributed by atoms with Gasteiger partial charge < -0.3 is 5.11 Å². The van der Waals surface area contributed by atoms with Crippen molar-refractivity contribution in [2.75, 3.05) is 6.54 Å². The second-order valence-corrected chi connectivity index (χ2v) is 8.18. The molecule has 2 aromatic carbocycles. The fraction of sp³-hybridized carbons (Fsp3) is 0.333. The van der Waals surface area contributed by atoms with E-state index in [2.05, 4.69) is 4.72 Å². The van der Waals surface area contributed by atoms with Gasteiger partial charge in [0.05, 0.1) is 10.5 Å². The van der Waals surface area contributed by atoms with Crippen LogP contribution < -0.4 is 4.72 Å². The minimum Gasteiger partial charge on any atom is -0.388 e. The van der Waals surface area contributed by atoms with Gasteiger partial charge >= 0.3 is 0 Å². The highest BCUT2D eigenvalue weighted by molar-refractivity contribution is 7.89. The van der Waals surface area contributed by atoms with E-state index in [0.29, 0.717) is 18.4 Å². The zero-order valence-electron chi connectivity index (χ0n) is 13.3. The van der Waals surface area contributed by atoms with Gasteiger partial charge in [-0.1, -0.05) is 36.4 Å². The van der Waals surface area contributed by atoms with Crippen molar-refractivity contribution in [3.8, 4) is 0 Å². The lowest BCUT2D eigenvalue weighted by atomic mass is 10.0. The lowest BCUT2D eigenvalue weighted by Crippen LogP contribution is -2.43. The van der Waals surface area contributed by atoms with E-state index < -0.39 is 15.6 Å². The summed E-state index contributed by atoms with van der Waals surface area (Å²) in [6.07, 6.45) is 0.941. The molecule has 0 atom stereocenters. The van der Waals surface area contributed by atoms with Gasteiger partial charge in [0.25, 0.3) is 0 Å². The molecule has 1 aliphatic carbocycles. The number of rotatable bonds is 4. The number of sulfonamides is 1. The Hall–Kier alpha value is -1.69. The molecule has 122 valence electrons. The summed E-state index contributed by atoms with van der Waals surface area (Å²) in [5, 5.41) is 10.7. The number of fused-ring (bicyclic) bond motifs is 1. The van der Waals surface area contributed by atoms with Gasteiger partial charge in [-0.15, -0.1) is 0 Å². The predicted octanol–water partition coefficient (Wildman–Crippen LogP) is 2.11. The van der Waals surface area contributed by atoms with Crippen molar-refractivity contribution in [2.24, 2.45) is 0 Å². The zero-order chi connectivity index (χ0) is 16.7. The van der Waals surface area contributed by atoms with Crippen LogP contribution in [0.3, 0.4) is 0 Å². The first-order valence-electron chi connectivity index (χ1n) is 7.65. The molecular weight excluding hydrogens is 310 g/mol. The van der Waals surface area contributed by atoms with Gasteiger partial charge in [-0.25, -0.2) is 13.1 Å². The van der Waals surface area contributed by atoms with Gasteiger partial charge in [0.15, 0.2) is 0 Å². The highest BCUT2D eigenvalue weighted by Gasteiger charge is 2.36. The molecule has 4 nitrogen and oxygen atoms in total. The van der Waals surface area contributed by atoms with Gasteiger partial charge in [-0.3, -0.25) is 0 Å². The number of nitrogens with one attached hydrogen (secondary N) is 1. The molecule has 2 aromatic rings. The van der Waals surface area contributed by atoms with E-state index >= 15 is 0 Å². The van der Waals surface area contributed by atoms with Gasteiger partial charge in [0.2, 0.25) is 10.0 Å². The number of hydrogen-bond donors (Lipinski definition) is 2. The van der Waals surface area contributed by atoms with Crippen LogP contribution in [0, 0.1) is 13.8 Å². The van der Waals surface area contributed by atoms with Crippen molar-refractivity contribution < 1.29 is 13.5 Å². The Kier molecular flexibility index (Phi) is 4.04. The summed E-state index contributed by atoms with van der Waals surface area (Å²) in [4.78, 5) is 0.275. The van der Waals surface area contributed by atoms with Crippen molar-refractivity contribution >= 4 is 10.0 Å². The lowest BCUT2D eigenvalue weighted by molar-refractivity contribution is 0.0567. The molecule has 0 fully saturated rings. The highest BCUT2D eigenvalue weighted by Crippen LogP contribution is 2.30. The Morgan fingerprint density at radius 3 is 2.30 bits per heavy atom. The van der Waals surface area contributed by atoms with Crippen molar-refractivity contribution in [1.29, 1.82) is 0 Å².